The first-order chi connectivity index (χ1) is 9.69. The minimum Gasteiger partial charge on any atom is -0.466 e. The number of carbonyl (C=O) groups is 1. The Balaban J connectivity index is 1.89. The Kier molecular flexibility index (Phi) is 5.56. The first-order valence-corrected chi connectivity index (χ1v) is 7.36. The quantitative estimate of drug-likeness (QED) is 0.833. The molecule has 0 unspecified atom stereocenters. The number of nitrogens with two attached hydrogens (primary N) is 1. The second kappa shape index (κ2) is 7.41. The maximum Gasteiger partial charge on any atom is 0.306 e. The zero-order chi connectivity index (χ0) is 14.4. The number of esters is 1. The van der Waals surface area contributed by atoms with Crippen molar-refractivity contribution in [3.63, 3.8) is 0 Å². The summed E-state index contributed by atoms with van der Waals surface area (Å²) >= 11 is 0. The molecule has 1 aromatic carbocycles. The van der Waals surface area contributed by atoms with E-state index in [1.807, 2.05) is 13.0 Å². The van der Waals surface area contributed by atoms with E-state index in [1.54, 1.807) is 0 Å². The van der Waals surface area contributed by atoms with Crippen molar-refractivity contribution in [2.24, 2.45) is 11.7 Å². The summed E-state index contributed by atoms with van der Waals surface area (Å²) in [5, 5.41) is 0. The van der Waals surface area contributed by atoms with Crippen LogP contribution >= 0.6 is 0 Å². The van der Waals surface area contributed by atoms with Gasteiger partial charge >= 0.3 is 5.97 Å². The van der Waals surface area contributed by atoms with Crippen LogP contribution in [-0.2, 0) is 16.1 Å². The standard InChI is InChI=1S/C16H24N2O2/c1-2-20-16(19)10-14-12-18(9-8-15(14)17)11-13-6-4-3-5-7-13/h3-7,14-15H,2,8-12,17H2,1H3/t14-,15-/m0/s1. The fourth-order valence-electron chi connectivity index (χ4n) is 2.76. The van der Waals surface area contributed by atoms with Gasteiger partial charge in [-0.15, -0.1) is 0 Å². The van der Waals surface area contributed by atoms with Crippen LogP contribution in [0.25, 0.3) is 0 Å². The summed E-state index contributed by atoms with van der Waals surface area (Å²) in [4.78, 5) is 14.0. The predicted molar refractivity (Wildman–Crippen MR) is 79.1 cm³/mol. The van der Waals surface area contributed by atoms with Gasteiger partial charge in [-0.3, -0.25) is 9.69 Å². The van der Waals surface area contributed by atoms with Gasteiger partial charge in [-0.1, -0.05) is 30.3 Å². The molecule has 0 aliphatic carbocycles. The molecule has 1 aliphatic heterocycles. The maximum absolute atomic E-state index is 11.6. The maximum atomic E-state index is 11.6. The van der Waals surface area contributed by atoms with E-state index >= 15 is 0 Å². The van der Waals surface area contributed by atoms with Gasteiger partial charge in [0.1, 0.15) is 0 Å². The highest BCUT2D eigenvalue weighted by molar-refractivity contribution is 5.69. The lowest BCUT2D eigenvalue weighted by atomic mass is 9.90. The van der Waals surface area contributed by atoms with Crippen molar-refractivity contribution in [2.45, 2.75) is 32.4 Å². The van der Waals surface area contributed by atoms with Gasteiger partial charge in [0.25, 0.3) is 0 Å². The third kappa shape index (κ3) is 4.32. The van der Waals surface area contributed by atoms with Gasteiger partial charge in [0.05, 0.1) is 13.0 Å². The molecule has 4 heteroatoms. The molecule has 0 aromatic heterocycles. The highest BCUT2D eigenvalue weighted by Crippen LogP contribution is 2.21. The van der Waals surface area contributed by atoms with Crippen LogP contribution in [0.5, 0.6) is 0 Å². The molecule has 0 spiro atoms. The van der Waals surface area contributed by atoms with E-state index in [9.17, 15) is 4.79 Å². The van der Waals surface area contributed by atoms with E-state index in [0.717, 1.165) is 26.1 Å². The minimum atomic E-state index is -0.130. The number of nitrogens with zero attached hydrogens (tertiary/aromatic N) is 1. The second-order valence-corrected chi connectivity index (χ2v) is 5.44. The monoisotopic (exact) mass is 276 g/mol. The Hall–Kier alpha value is -1.39. The lowest BCUT2D eigenvalue weighted by molar-refractivity contribution is -0.144. The van der Waals surface area contributed by atoms with E-state index in [0.29, 0.717) is 13.0 Å². The molecule has 1 heterocycles. The van der Waals surface area contributed by atoms with Gasteiger partial charge in [-0.2, -0.15) is 0 Å². The third-order valence-corrected chi connectivity index (χ3v) is 3.86. The zero-order valence-electron chi connectivity index (χ0n) is 12.1. The first kappa shape index (κ1) is 15.0. The van der Waals surface area contributed by atoms with Gasteiger partial charge in [0.2, 0.25) is 0 Å². The van der Waals surface area contributed by atoms with Crippen molar-refractivity contribution >= 4 is 5.97 Å². The molecule has 20 heavy (non-hydrogen) atoms. The number of rotatable bonds is 5. The topological polar surface area (TPSA) is 55.6 Å². The summed E-state index contributed by atoms with van der Waals surface area (Å²) < 4.78 is 5.03. The normalized spacial score (nSPS) is 23.5. The lowest BCUT2D eigenvalue weighted by Crippen LogP contribution is -2.47. The van der Waals surface area contributed by atoms with E-state index in [1.165, 1.54) is 5.56 Å². The van der Waals surface area contributed by atoms with E-state index < -0.39 is 0 Å². The van der Waals surface area contributed by atoms with Crippen LogP contribution in [-0.4, -0.2) is 36.6 Å². The molecule has 2 rings (SSSR count). The average molecular weight is 276 g/mol. The molecule has 1 aliphatic rings. The van der Waals surface area contributed by atoms with Gasteiger partial charge in [0.15, 0.2) is 0 Å². The first-order valence-electron chi connectivity index (χ1n) is 7.36. The molecule has 110 valence electrons. The van der Waals surface area contributed by atoms with E-state index in [2.05, 4.69) is 29.2 Å². The van der Waals surface area contributed by atoms with Crippen LogP contribution in [0.2, 0.25) is 0 Å². The third-order valence-electron chi connectivity index (χ3n) is 3.86. The van der Waals surface area contributed by atoms with Crippen LogP contribution in [0.3, 0.4) is 0 Å². The number of hydrogen-bond acceptors (Lipinski definition) is 4. The molecular formula is C16H24N2O2. The smallest absolute Gasteiger partial charge is 0.306 e. The molecule has 1 saturated heterocycles. The fraction of sp³-hybridized carbons (Fsp3) is 0.562. The van der Waals surface area contributed by atoms with Gasteiger partial charge in [0, 0.05) is 19.1 Å². The lowest BCUT2D eigenvalue weighted by Gasteiger charge is -2.36. The van der Waals surface area contributed by atoms with Gasteiger partial charge < -0.3 is 10.5 Å². The van der Waals surface area contributed by atoms with Crippen molar-refractivity contribution in [1.82, 2.24) is 4.90 Å². The summed E-state index contributed by atoms with van der Waals surface area (Å²) in [5.74, 6) is 0.0704. The Morgan fingerprint density at radius 3 is 2.85 bits per heavy atom. The number of piperidine rings is 1. The molecule has 1 fully saturated rings. The van der Waals surface area contributed by atoms with Crippen LogP contribution in [0.4, 0.5) is 0 Å². The Morgan fingerprint density at radius 2 is 2.15 bits per heavy atom. The van der Waals surface area contributed by atoms with Crippen molar-refractivity contribution in [2.75, 3.05) is 19.7 Å². The van der Waals surface area contributed by atoms with Crippen LogP contribution in [0.15, 0.2) is 30.3 Å². The summed E-state index contributed by atoms with van der Waals surface area (Å²) in [6.45, 7) is 5.06. The summed E-state index contributed by atoms with van der Waals surface area (Å²) in [6.07, 6.45) is 1.37. The van der Waals surface area contributed by atoms with E-state index in [4.69, 9.17) is 10.5 Å². The number of carbonyl (C=O) groups excluding carboxylic acids is 1. The highest BCUT2D eigenvalue weighted by atomic mass is 16.5. The molecule has 1 aromatic rings. The molecule has 2 N–H and O–H groups in total. The zero-order valence-corrected chi connectivity index (χ0v) is 12.1. The number of benzene rings is 1. The fourth-order valence-corrected chi connectivity index (χ4v) is 2.76. The molecule has 0 amide bonds. The number of likely N-dealkylation sites (tertiary alicyclic amines) is 1. The molecule has 0 radical (unpaired) electrons. The number of ether oxygens (including phenoxy) is 1. The minimum absolute atomic E-state index is 0.103. The molecule has 0 bridgehead atoms. The molecule has 4 nitrogen and oxygen atoms in total. The van der Waals surface area contributed by atoms with Crippen LogP contribution in [0.1, 0.15) is 25.3 Å². The number of hydrogen-bond donors (Lipinski definition) is 1. The summed E-state index contributed by atoms with van der Waals surface area (Å²) in [5.41, 5.74) is 7.45. The molecule has 2 atom stereocenters. The van der Waals surface area contributed by atoms with E-state index in [-0.39, 0.29) is 17.9 Å². The Bertz CT molecular complexity index is 422. The van der Waals surface area contributed by atoms with Gasteiger partial charge in [-0.05, 0) is 31.4 Å². The van der Waals surface area contributed by atoms with Crippen molar-refractivity contribution in [1.29, 1.82) is 0 Å². The Morgan fingerprint density at radius 1 is 1.40 bits per heavy atom. The van der Waals surface area contributed by atoms with Crippen LogP contribution in [0, 0.1) is 5.92 Å². The van der Waals surface area contributed by atoms with Crippen LogP contribution < -0.4 is 5.73 Å². The van der Waals surface area contributed by atoms with Crippen molar-refractivity contribution in [3.8, 4) is 0 Å². The predicted octanol–water partition coefficient (Wildman–Crippen LogP) is 1.79. The van der Waals surface area contributed by atoms with Crippen molar-refractivity contribution < 1.29 is 9.53 Å². The SMILES string of the molecule is CCOC(=O)C[C@H]1CN(Cc2ccccc2)CC[C@@H]1N. The van der Waals surface area contributed by atoms with Crippen molar-refractivity contribution in [3.05, 3.63) is 35.9 Å². The highest BCUT2D eigenvalue weighted by Gasteiger charge is 2.28. The summed E-state index contributed by atoms with van der Waals surface area (Å²) in [6, 6.07) is 10.5. The average Bonchev–Trinajstić information content (AvgIpc) is 2.44. The molecule has 0 saturated carbocycles. The second-order valence-electron chi connectivity index (χ2n) is 5.44. The largest absolute Gasteiger partial charge is 0.466 e. The van der Waals surface area contributed by atoms with Gasteiger partial charge in [-0.25, -0.2) is 0 Å². The molecular weight excluding hydrogens is 252 g/mol. The Labute approximate surface area is 120 Å². The summed E-state index contributed by atoms with van der Waals surface area (Å²) in [7, 11) is 0.